The molecule has 1 saturated carbocycles. The number of nitrogens with two attached hydrogens (primary N) is 1. The normalized spacial score (nSPS) is 30.0. The molecule has 11 heavy (non-hydrogen) atoms. The zero-order valence-electron chi connectivity index (χ0n) is 6.70. The Balaban J connectivity index is 2.22. The molecule has 2 atom stereocenters. The first-order valence-corrected chi connectivity index (χ1v) is 4.02. The second kappa shape index (κ2) is 2.34. The average molecular weight is 151 g/mol. The third-order valence-electron chi connectivity index (χ3n) is 2.57. The molecule has 0 aliphatic heterocycles. The van der Waals surface area contributed by atoms with E-state index in [0.717, 1.165) is 6.42 Å². The van der Waals surface area contributed by atoms with E-state index in [0.29, 0.717) is 12.0 Å². The lowest BCUT2D eigenvalue weighted by atomic mass is 9.78. The molecule has 0 bridgehead atoms. The maximum atomic E-state index is 5.84. The van der Waals surface area contributed by atoms with Gasteiger partial charge in [-0.15, -0.1) is 0 Å². The van der Waals surface area contributed by atoms with Gasteiger partial charge in [-0.05, 0) is 18.9 Å². The molecular weight excluding hydrogens is 138 g/mol. The molecule has 3 nitrogen and oxygen atoms in total. The van der Waals surface area contributed by atoms with Gasteiger partial charge >= 0.3 is 0 Å². The highest BCUT2D eigenvalue weighted by Crippen LogP contribution is 2.34. The molecule has 2 unspecified atom stereocenters. The van der Waals surface area contributed by atoms with Gasteiger partial charge in [0, 0.05) is 30.9 Å². The van der Waals surface area contributed by atoms with Gasteiger partial charge in [-0.1, -0.05) is 0 Å². The highest BCUT2D eigenvalue weighted by molar-refractivity contribution is 5.14. The van der Waals surface area contributed by atoms with Crippen LogP contribution in [-0.4, -0.2) is 15.8 Å². The number of aryl methyl sites for hydroxylation is 1. The SMILES string of the molecule is Cn1nccc1C1CCC1N. The van der Waals surface area contributed by atoms with Gasteiger partial charge in [0.15, 0.2) is 0 Å². The first-order valence-electron chi connectivity index (χ1n) is 4.02. The summed E-state index contributed by atoms with van der Waals surface area (Å²) in [7, 11) is 1.97. The second-order valence-electron chi connectivity index (χ2n) is 3.23. The fourth-order valence-corrected chi connectivity index (χ4v) is 1.64. The van der Waals surface area contributed by atoms with Crippen LogP contribution in [0.5, 0.6) is 0 Å². The summed E-state index contributed by atoms with van der Waals surface area (Å²) in [6.45, 7) is 0. The van der Waals surface area contributed by atoms with Crippen LogP contribution >= 0.6 is 0 Å². The van der Waals surface area contributed by atoms with Crippen LogP contribution < -0.4 is 5.73 Å². The molecule has 2 N–H and O–H groups in total. The number of hydrogen-bond donors (Lipinski definition) is 1. The van der Waals surface area contributed by atoms with Crippen molar-refractivity contribution in [2.24, 2.45) is 12.8 Å². The summed E-state index contributed by atoms with van der Waals surface area (Å²) in [5, 5.41) is 4.12. The molecule has 3 heteroatoms. The fourth-order valence-electron chi connectivity index (χ4n) is 1.64. The molecule has 60 valence electrons. The smallest absolute Gasteiger partial charge is 0.0492 e. The average Bonchev–Trinajstić information content (AvgIpc) is 2.34. The van der Waals surface area contributed by atoms with Crippen molar-refractivity contribution in [3.05, 3.63) is 18.0 Å². The Hall–Kier alpha value is -0.830. The number of aromatic nitrogens is 2. The van der Waals surface area contributed by atoms with Crippen LogP contribution in [-0.2, 0) is 7.05 Å². The zero-order valence-corrected chi connectivity index (χ0v) is 6.70. The van der Waals surface area contributed by atoms with Crippen LogP contribution in [0.2, 0.25) is 0 Å². The minimum atomic E-state index is 0.366. The van der Waals surface area contributed by atoms with Gasteiger partial charge in [-0.2, -0.15) is 5.10 Å². The lowest BCUT2D eigenvalue weighted by molar-refractivity contribution is 0.331. The Morgan fingerprint density at radius 2 is 2.45 bits per heavy atom. The van der Waals surface area contributed by atoms with Gasteiger partial charge in [0.2, 0.25) is 0 Å². The molecule has 0 amide bonds. The van der Waals surface area contributed by atoms with Crippen molar-refractivity contribution in [3.8, 4) is 0 Å². The summed E-state index contributed by atoms with van der Waals surface area (Å²) in [6, 6.07) is 2.43. The summed E-state index contributed by atoms with van der Waals surface area (Å²) < 4.78 is 1.92. The van der Waals surface area contributed by atoms with Gasteiger partial charge in [-0.25, -0.2) is 0 Å². The van der Waals surface area contributed by atoms with E-state index in [9.17, 15) is 0 Å². The number of hydrogen-bond acceptors (Lipinski definition) is 2. The van der Waals surface area contributed by atoms with Crippen molar-refractivity contribution < 1.29 is 0 Å². The van der Waals surface area contributed by atoms with Gasteiger partial charge in [0.25, 0.3) is 0 Å². The molecule has 0 aromatic carbocycles. The highest BCUT2D eigenvalue weighted by Gasteiger charge is 2.30. The molecular formula is C8H13N3. The Morgan fingerprint density at radius 3 is 2.82 bits per heavy atom. The van der Waals surface area contributed by atoms with Gasteiger partial charge in [0.05, 0.1) is 0 Å². The molecule has 2 rings (SSSR count). The Bertz CT molecular complexity index is 254. The molecule has 1 heterocycles. The van der Waals surface area contributed by atoms with E-state index in [4.69, 9.17) is 5.73 Å². The lowest BCUT2D eigenvalue weighted by Crippen LogP contribution is -2.38. The van der Waals surface area contributed by atoms with E-state index in [2.05, 4.69) is 11.2 Å². The van der Waals surface area contributed by atoms with Crippen LogP contribution in [0.25, 0.3) is 0 Å². The molecule has 1 aliphatic rings. The first-order chi connectivity index (χ1) is 5.29. The van der Waals surface area contributed by atoms with Crippen molar-refractivity contribution in [1.82, 2.24) is 9.78 Å². The molecule has 0 saturated heterocycles. The first kappa shape index (κ1) is 6.85. The minimum absolute atomic E-state index is 0.366. The van der Waals surface area contributed by atoms with Gasteiger partial charge < -0.3 is 5.73 Å². The Labute approximate surface area is 66.2 Å². The van der Waals surface area contributed by atoms with E-state index in [-0.39, 0.29) is 0 Å². The highest BCUT2D eigenvalue weighted by atomic mass is 15.3. The molecule has 1 aliphatic carbocycles. The van der Waals surface area contributed by atoms with Crippen LogP contribution in [0, 0.1) is 0 Å². The van der Waals surface area contributed by atoms with E-state index in [1.54, 1.807) is 0 Å². The summed E-state index contributed by atoms with van der Waals surface area (Å²) in [6.07, 6.45) is 4.22. The summed E-state index contributed by atoms with van der Waals surface area (Å²) in [4.78, 5) is 0. The van der Waals surface area contributed by atoms with Crippen molar-refractivity contribution in [2.75, 3.05) is 0 Å². The van der Waals surface area contributed by atoms with Crippen LogP contribution in [0.4, 0.5) is 0 Å². The minimum Gasteiger partial charge on any atom is -0.327 e. The van der Waals surface area contributed by atoms with Crippen LogP contribution in [0.15, 0.2) is 12.3 Å². The number of nitrogens with zero attached hydrogens (tertiary/aromatic N) is 2. The lowest BCUT2D eigenvalue weighted by Gasteiger charge is -2.33. The van der Waals surface area contributed by atoms with E-state index in [1.165, 1.54) is 12.1 Å². The van der Waals surface area contributed by atoms with E-state index in [1.807, 2.05) is 17.9 Å². The molecule has 0 spiro atoms. The van der Waals surface area contributed by atoms with Gasteiger partial charge in [-0.3, -0.25) is 4.68 Å². The Kier molecular flexibility index (Phi) is 1.46. The molecule has 1 fully saturated rings. The van der Waals surface area contributed by atoms with Crippen LogP contribution in [0.3, 0.4) is 0 Å². The second-order valence-corrected chi connectivity index (χ2v) is 3.23. The number of rotatable bonds is 1. The summed E-state index contributed by atoms with van der Waals surface area (Å²) in [5.41, 5.74) is 7.12. The molecule has 1 aromatic rings. The third kappa shape index (κ3) is 0.959. The van der Waals surface area contributed by atoms with Gasteiger partial charge in [0.1, 0.15) is 0 Å². The van der Waals surface area contributed by atoms with Crippen molar-refractivity contribution in [3.63, 3.8) is 0 Å². The largest absolute Gasteiger partial charge is 0.327 e. The van der Waals surface area contributed by atoms with Crippen molar-refractivity contribution in [1.29, 1.82) is 0 Å². The monoisotopic (exact) mass is 151 g/mol. The standard InChI is InChI=1S/C8H13N3/c1-11-8(4-5-10-11)6-2-3-7(6)9/h4-7H,2-3,9H2,1H3. The van der Waals surface area contributed by atoms with E-state index >= 15 is 0 Å². The maximum absolute atomic E-state index is 5.84. The zero-order chi connectivity index (χ0) is 7.84. The fraction of sp³-hybridized carbons (Fsp3) is 0.625. The maximum Gasteiger partial charge on any atom is 0.0492 e. The Morgan fingerprint density at radius 1 is 1.64 bits per heavy atom. The van der Waals surface area contributed by atoms with Crippen molar-refractivity contribution >= 4 is 0 Å². The van der Waals surface area contributed by atoms with Crippen LogP contribution in [0.1, 0.15) is 24.5 Å². The quantitative estimate of drug-likeness (QED) is 0.639. The van der Waals surface area contributed by atoms with E-state index < -0.39 is 0 Å². The topological polar surface area (TPSA) is 43.8 Å². The summed E-state index contributed by atoms with van der Waals surface area (Å²) in [5.74, 6) is 0.558. The predicted octanol–water partition coefficient (Wildman–Crippen LogP) is 0.625. The van der Waals surface area contributed by atoms with Crippen molar-refractivity contribution in [2.45, 2.75) is 24.8 Å². The summed E-state index contributed by atoms with van der Waals surface area (Å²) >= 11 is 0. The third-order valence-corrected chi connectivity index (χ3v) is 2.57. The predicted molar refractivity (Wildman–Crippen MR) is 43.2 cm³/mol. The molecule has 1 aromatic heterocycles. The molecule has 0 radical (unpaired) electrons.